The van der Waals surface area contributed by atoms with Gasteiger partial charge in [0.15, 0.2) is 28.1 Å². The van der Waals surface area contributed by atoms with E-state index in [1.807, 2.05) is 13.0 Å². The van der Waals surface area contributed by atoms with E-state index in [1.54, 1.807) is 50.8 Å². The molecule has 2 rings (SSSR count). The molecule has 26 heavy (non-hydrogen) atoms. The Morgan fingerprint density at radius 1 is 1.12 bits per heavy atom. The SMILES string of the molecule is CCOc1cc(/C=N/NC(=S)Nc2ccc(OC)c(OC)c2)ccc1O. The second-order valence-electron chi connectivity index (χ2n) is 5.05. The van der Waals surface area contributed by atoms with Crippen LogP contribution < -0.4 is 25.0 Å². The van der Waals surface area contributed by atoms with Crippen molar-refractivity contribution in [2.75, 3.05) is 26.1 Å². The van der Waals surface area contributed by atoms with Crippen molar-refractivity contribution >= 4 is 29.2 Å². The molecule has 7 nitrogen and oxygen atoms in total. The van der Waals surface area contributed by atoms with Crippen LogP contribution in [-0.4, -0.2) is 37.3 Å². The fraction of sp³-hybridized carbons (Fsp3) is 0.222. The first-order valence-corrected chi connectivity index (χ1v) is 8.26. The van der Waals surface area contributed by atoms with E-state index in [4.69, 9.17) is 26.4 Å². The fourth-order valence-electron chi connectivity index (χ4n) is 2.12. The minimum absolute atomic E-state index is 0.0857. The summed E-state index contributed by atoms with van der Waals surface area (Å²) in [5.74, 6) is 1.72. The lowest BCUT2D eigenvalue weighted by Crippen LogP contribution is -2.23. The average Bonchev–Trinajstić information content (AvgIpc) is 2.64. The molecule has 0 aliphatic rings. The number of methoxy groups -OCH3 is 2. The molecule has 0 spiro atoms. The number of thiocarbonyl (C=S) groups is 1. The molecule has 0 heterocycles. The molecule has 0 unspecified atom stereocenters. The number of benzene rings is 2. The number of phenols is 1. The third kappa shape index (κ3) is 5.25. The van der Waals surface area contributed by atoms with Crippen molar-refractivity contribution in [1.29, 1.82) is 0 Å². The average molecular weight is 375 g/mol. The van der Waals surface area contributed by atoms with Gasteiger partial charge in [-0.1, -0.05) is 0 Å². The predicted molar refractivity (Wildman–Crippen MR) is 106 cm³/mol. The van der Waals surface area contributed by atoms with Crippen molar-refractivity contribution in [3.05, 3.63) is 42.0 Å². The normalized spacial score (nSPS) is 10.4. The molecule has 0 amide bonds. The lowest BCUT2D eigenvalue weighted by molar-refractivity contribution is 0.318. The minimum Gasteiger partial charge on any atom is -0.504 e. The second-order valence-corrected chi connectivity index (χ2v) is 5.46. The molecule has 0 fully saturated rings. The fourth-order valence-corrected chi connectivity index (χ4v) is 2.29. The van der Waals surface area contributed by atoms with Crippen LogP contribution in [0.15, 0.2) is 41.5 Å². The molecule has 0 atom stereocenters. The van der Waals surface area contributed by atoms with E-state index < -0.39 is 0 Å². The van der Waals surface area contributed by atoms with Gasteiger partial charge in [0.2, 0.25) is 0 Å². The van der Waals surface area contributed by atoms with Gasteiger partial charge >= 0.3 is 0 Å². The quantitative estimate of drug-likeness (QED) is 0.389. The van der Waals surface area contributed by atoms with Gasteiger partial charge in [-0.05, 0) is 55.0 Å². The topological polar surface area (TPSA) is 84.3 Å². The van der Waals surface area contributed by atoms with E-state index in [9.17, 15) is 5.11 Å². The van der Waals surface area contributed by atoms with Gasteiger partial charge in [0.1, 0.15) is 0 Å². The highest BCUT2D eigenvalue weighted by atomic mass is 32.1. The molecular formula is C18H21N3O4S. The second kappa shape index (κ2) is 9.47. The van der Waals surface area contributed by atoms with Crippen LogP contribution in [0.5, 0.6) is 23.0 Å². The Morgan fingerprint density at radius 2 is 1.88 bits per heavy atom. The van der Waals surface area contributed by atoms with Crippen LogP contribution in [0.3, 0.4) is 0 Å². The van der Waals surface area contributed by atoms with Gasteiger partial charge in [-0.2, -0.15) is 5.10 Å². The molecule has 0 bridgehead atoms. The summed E-state index contributed by atoms with van der Waals surface area (Å²) < 4.78 is 15.8. The van der Waals surface area contributed by atoms with Crippen LogP contribution in [0.2, 0.25) is 0 Å². The summed E-state index contributed by atoms with van der Waals surface area (Å²) in [6.45, 7) is 2.31. The molecule has 8 heteroatoms. The summed E-state index contributed by atoms with van der Waals surface area (Å²) in [4.78, 5) is 0. The molecule has 0 radical (unpaired) electrons. The van der Waals surface area contributed by atoms with Crippen molar-refractivity contribution in [1.82, 2.24) is 5.43 Å². The Kier molecular flexibility index (Phi) is 7.04. The van der Waals surface area contributed by atoms with Gasteiger partial charge in [-0.25, -0.2) is 0 Å². The predicted octanol–water partition coefficient (Wildman–Crippen LogP) is 3.13. The number of hydrogen-bond donors (Lipinski definition) is 3. The third-order valence-corrected chi connectivity index (χ3v) is 3.50. The van der Waals surface area contributed by atoms with Gasteiger partial charge in [0.25, 0.3) is 0 Å². The van der Waals surface area contributed by atoms with Crippen LogP contribution in [0.1, 0.15) is 12.5 Å². The smallest absolute Gasteiger partial charge is 0.191 e. The van der Waals surface area contributed by atoms with E-state index in [-0.39, 0.29) is 5.75 Å². The molecule has 0 aromatic heterocycles. The lowest BCUT2D eigenvalue weighted by Gasteiger charge is -2.11. The van der Waals surface area contributed by atoms with Crippen LogP contribution in [0.4, 0.5) is 5.69 Å². The third-order valence-electron chi connectivity index (χ3n) is 3.30. The largest absolute Gasteiger partial charge is 0.504 e. The molecule has 2 aromatic carbocycles. The molecule has 0 saturated carbocycles. The van der Waals surface area contributed by atoms with E-state index in [0.29, 0.717) is 29.0 Å². The highest BCUT2D eigenvalue weighted by molar-refractivity contribution is 7.80. The summed E-state index contributed by atoms with van der Waals surface area (Å²) in [6.07, 6.45) is 1.57. The summed E-state index contributed by atoms with van der Waals surface area (Å²) in [5, 5.41) is 17.1. The van der Waals surface area contributed by atoms with Crippen LogP contribution in [0.25, 0.3) is 0 Å². The Morgan fingerprint density at radius 3 is 2.58 bits per heavy atom. The van der Waals surface area contributed by atoms with Crippen molar-refractivity contribution in [3.63, 3.8) is 0 Å². The monoisotopic (exact) mass is 375 g/mol. The molecule has 0 aliphatic carbocycles. The summed E-state index contributed by atoms with van der Waals surface area (Å²) >= 11 is 5.21. The molecule has 0 aliphatic heterocycles. The van der Waals surface area contributed by atoms with Crippen LogP contribution in [0, 0.1) is 0 Å². The van der Waals surface area contributed by atoms with Crippen molar-refractivity contribution in [2.24, 2.45) is 5.10 Å². The minimum atomic E-state index is 0.0857. The first-order valence-electron chi connectivity index (χ1n) is 7.85. The zero-order chi connectivity index (χ0) is 18.9. The summed E-state index contributed by atoms with van der Waals surface area (Å²) in [5.41, 5.74) is 4.22. The van der Waals surface area contributed by atoms with E-state index >= 15 is 0 Å². The Labute approximate surface area is 157 Å². The number of phenolic OH excluding ortho intramolecular Hbond substituents is 1. The van der Waals surface area contributed by atoms with E-state index in [2.05, 4.69) is 15.8 Å². The number of anilines is 1. The maximum absolute atomic E-state index is 9.69. The Bertz CT molecular complexity index is 796. The first-order chi connectivity index (χ1) is 12.6. The highest BCUT2D eigenvalue weighted by Gasteiger charge is 2.05. The molecule has 2 aromatic rings. The number of nitrogens with zero attached hydrogens (tertiary/aromatic N) is 1. The molecular weight excluding hydrogens is 354 g/mol. The van der Waals surface area contributed by atoms with E-state index in [0.717, 1.165) is 11.3 Å². The van der Waals surface area contributed by atoms with Crippen molar-refractivity contribution < 1.29 is 19.3 Å². The zero-order valence-corrected chi connectivity index (χ0v) is 15.6. The van der Waals surface area contributed by atoms with E-state index in [1.165, 1.54) is 0 Å². The summed E-state index contributed by atoms with van der Waals surface area (Å²) in [7, 11) is 3.14. The van der Waals surface area contributed by atoms with Gasteiger partial charge < -0.3 is 24.6 Å². The Balaban J connectivity index is 1.96. The van der Waals surface area contributed by atoms with Crippen molar-refractivity contribution in [3.8, 4) is 23.0 Å². The first kappa shape index (κ1) is 19.3. The maximum atomic E-state index is 9.69. The number of aromatic hydroxyl groups is 1. The Hall–Kier alpha value is -3.00. The lowest BCUT2D eigenvalue weighted by atomic mass is 10.2. The van der Waals surface area contributed by atoms with Crippen molar-refractivity contribution in [2.45, 2.75) is 6.92 Å². The van der Waals surface area contributed by atoms with Crippen LogP contribution >= 0.6 is 12.2 Å². The zero-order valence-electron chi connectivity index (χ0n) is 14.8. The summed E-state index contributed by atoms with van der Waals surface area (Å²) in [6, 6.07) is 10.3. The van der Waals surface area contributed by atoms with Crippen LogP contribution in [-0.2, 0) is 0 Å². The highest BCUT2D eigenvalue weighted by Crippen LogP contribution is 2.29. The van der Waals surface area contributed by atoms with Gasteiger partial charge in [0, 0.05) is 11.8 Å². The molecule has 0 saturated heterocycles. The number of hydrazone groups is 1. The number of nitrogens with one attached hydrogen (secondary N) is 2. The number of rotatable bonds is 7. The van der Waals surface area contributed by atoms with Gasteiger partial charge in [-0.3, -0.25) is 5.43 Å². The molecule has 3 N–H and O–H groups in total. The number of ether oxygens (including phenoxy) is 3. The van der Waals surface area contributed by atoms with Gasteiger partial charge in [-0.15, -0.1) is 0 Å². The maximum Gasteiger partial charge on any atom is 0.191 e. The number of hydrogen-bond acceptors (Lipinski definition) is 6. The van der Waals surface area contributed by atoms with Gasteiger partial charge in [0.05, 0.1) is 27.0 Å². The molecule has 138 valence electrons. The standard InChI is InChI=1S/C18H21N3O4S/c1-4-25-16-9-12(5-7-14(16)22)11-19-21-18(26)20-13-6-8-15(23-2)17(10-13)24-3/h5-11,22H,4H2,1-3H3,(H2,20,21,26)/b19-11+.